The summed E-state index contributed by atoms with van der Waals surface area (Å²) in [6.45, 7) is 5.25. The zero-order valence-electron chi connectivity index (χ0n) is 11.4. The van der Waals surface area contributed by atoms with Gasteiger partial charge in [-0.2, -0.15) is 0 Å². The van der Waals surface area contributed by atoms with E-state index in [0.29, 0.717) is 25.3 Å². The summed E-state index contributed by atoms with van der Waals surface area (Å²) in [5.41, 5.74) is 1.35. The quantitative estimate of drug-likeness (QED) is 0.701. The van der Waals surface area contributed by atoms with Crippen molar-refractivity contribution in [3.05, 3.63) is 29.8 Å². The van der Waals surface area contributed by atoms with Crippen molar-refractivity contribution in [1.82, 2.24) is 0 Å². The van der Waals surface area contributed by atoms with Crippen LogP contribution in [0.2, 0.25) is 0 Å². The Balaban J connectivity index is 2.48. The lowest BCUT2D eigenvalue weighted by molar-refractivity contribution is 0.00440. The third kappa shape index (κ3) is 5.72. The molecule has 0 aliphatic carbocycles. The highest BCUT2D eigenvalue weighted by molar-refractivity contribution is 5.89. The number of aliphatic hydroxyl groups excluding tert-OH is 1. The summed E-state index contributed by atoms with van der Waals surface area (Å²) in [6, 6.07) is 6.93. The molecule has 0 saturated heterocycles. The first kappa shape index (κ1) is 15.5. The number of carbonyl (C=O) groups excluding carboxylic acids is 1. The van der Waals surface area contributed by atoms with Crippen LogP contribution in [0.3, 0.4) is 0 Å². The first-order chi connectivity index (χ1) is 9.17. The second-order valence-corrected chi connectivity index (χ2v) is 4.10. The van der Waals surface area contributed by atoms with E-state index in [-0.39, 0.29) is 18.7 Å². The van der Waals surface area contributed by atoms with Crippen molar-refractivity contribution < 1.29 is 19.4 Å². The molecule has 106 valence electrons. The maximum atomic E-state index is 11.8. The first-order valence-electron chi connectivity index (χ1n) is 6.41. The van der Waals surface area contributed by atoms with Crippen LogP contribution in [-0.2, 0) is 9.47 Å². The van der Waals surface area contributed by atoms with Gasteiger partial charge < -0.3 is 19.9 Å². The molecule has 0 radical (unpaired) electrons. The van der Waals surface area contributed by atoms with Crippen molar-refractivity contribution in [2.45, 2.75) is 20.0 Å². The molecule has 0 aromatic heterocycles. The van der Waals surface area contributed by atoms with E-state index in [9.17, 15) is 4.79 Å². The topological polar surface area (TPSA) is 67.8 Å². The summed E-state index contributed by atoms with van der Waals surface area (Å²) >= 11 is 0. The molecule has 0 bridgehead atoms. The summed E-state index contributed by atoms with van der Waals surface area (Å²) in [6.07, 6.45) is -0.264. The van der Waals surface area contributed by atoms with Crippen LogP contribution in [0.1, 0.15) is 24.2 Å². The number of esters is 1. The zero-order valence-corrected chi connectivity index (χ0v) is 11.4. The van der Waals surface area contributed by atoms with E-state index in [1.54, 1.807) is 31.2 Å². The molecule has 1 unspecified atom stereocenters. The largest absolute Gasteiger partial charge is 0.457 e. The summed E-state index contributed by atoms with van der Waals surface area (Å²) in [5, 5.41) is 11.7. The number of anilines is 1. The average Bonchev–Trinajstić information content (AvgIpc) is 2.43. The molecule has 0 aliphatic rings. The lowest BCUT2D eigenvalue weighted by atomic mass is 10.2. The Morgan fingerprint density at radius 1 is 1.37 bits per heavy atom. The standard InChI is InChI=1S/C14H21NO4/c1-3-18-10-11(2)19-14(17)12-4-6-13(7-5-12)15-8-9-16/h4-7,11,15-16H,3,8-10H2,1-2H3. The van der Waals surface area contributed by atoms with Gasteiger partial charge in [0.25, 0.3) is 0 Å². The van der Waals surface area contributed by atoms with Crippen LogP contribution in [0.25, 0.3) is 0 Å². The van der Waals surface area contributed by atoms with Crippen molar-refractivity contribution in [1.29, 1.82) is 0 Å². The maximum absolute atomic E-state index is 11.8. The number of nitrogens with one attached hydrogen (secondary N) is 1. The Morgan fingerprint density at radius 3 is 2.63 bits per heavy atom. The van der Waals surface area contributed by atoms with Crippen LogP contribution in [0.5, 0.6) is 0 Å². The highest BCUT2D eigenvalue weighted by Gasteiger charge is 2.11. The van der Waals surface area contributed by atoms with E-state index >= 15 is 0 Å². The van der Waals surface area contributed by atoms with Crippen LogP contribution in [0.15, 0.2) is 24.3 Å². The monoisotopic (exact) mass is 267 g/mol. The molecule has 0 aliphatic heterocycles. The zero-order chi connectivity index (χ0) is 14.1. The van der Waals surface area contributed by atoms with Crippen molar-refractivity contribution in [2.75, 3.05) is 31.7 Å². The second kappa shape index (κ2) is 8.50. The molecular weight excluding hydrogens is 246 g/mol. The van der Waals surface area contributed by atoms with Crippen LogP contribution in [0.4, 0.5) is 5.69 Å². The van der Waals surface area contributed by atoms with Gasteiger partial charge in [-0.15, -0.1) is 0 Å². The van der Waals surface area contributed by atoms with E-state index < -0.39 is 0 Å². The fourth-order valence-electron chi connectivity index (χ4n) is 1.49. The van der Waals surface area contributed by atoms with Gasteiger partial charge in [-0.1, -0.05) is 0 Å². The summed E-state index contributed by atoms with van der Waals surface area (Å²) in [4.78, 5) is 11.8. The van der Waals surface area contributed by atoms with E-state index in [0.717, 1.165) is 5.69 Å². The minimum absolute atomic E-state index is 0.0682. The molecule has 0 spiro atoms. The van der Waals surface area contributed by atoms with Gasteiger partial charge in [0.2, 0.25) is 0 Å². The number of aliphatic hydroxyl groups is 1. The molecule has 0 saturated carbocycles. The number of rotatable bonds is 8. The number of hydrogen-bond donors (Lipinski definition) is 2. The van der Waals surface area contributed by atoms with Crippen LogP contribution in [0, 0.1) is 0 Å². The molecule has 1 aromatic rings. The normalized spacial score (nSPS) is 11.9. The number of benzene rings is 1. The first-order valence-corrected chi connectivity index (χ1v) is 6.41. The van der Waals surface area contributed by atoms with Crippen molar-refractivity contribution in [2.24, 2.45) is 0 Å². The van der Waals surface area contributed by atoms with Gasteiger partial charge in [-0.3, -0.25) is 0 Å². The highest BCUT2D eigenvalue weighted by Crippen LogP contribution is 2.11. The molecule has 5 heteroatoms. The second-order valence-electron chi connectivity index (χ2n) is 4.10. The van der Waals surface area contributed by atoms with Gasteiger partial charge in [-0.25, -0.2) is 4.79 Å². The molecule has 5 nitrogen and oxygen atoms in total. The van der Waals surface area contributed by atoms with Crippen LogP contribution in [-0.4, -0.2) is 43.5 Å². The highest BCUT2D eigenvalue weighted by atomic mass is 16.6. The van der Waals surface area contributed by atoms with Gasteiger partial charge in [0, 0.05) is 18.8 Å². The van der Waals surface area contributed by atoms with Gasteiger partial charge in [0.1, 0.15) is 6.10 Å². The molecule has 1 atom stereocenters. The van der Waals surface area contributed by atoms with E-state index in [2.05, 4.69) is 5.32 Å². The summed E-state index contributed by atoms with van der Waals surface area (Å²) in [7, 11) is 0. The van der Waals surface area contributed by atoms with Gasteiger partial charge in [0.05, 0.1) is 18.8 Å². The van der Waals surface area contributed by atoms with Crippen LogP contribution >= 0.6 is 0 Å². The van der Waals surface area contributed by atoms with E-state index in [1.165, 1.54) is 0 Å². The number of ether oxygens (including phenoxy) is 2. The SMILES string of the molecule is CCOCC(C)OC(=O)c1ccc(NCCO)cc1. The van der Waals surface area contributed by atoms with Crippen molar-refractivity contribution >= 4 is 11.7 Å². The minimum Gasteiger partial charge on any atom is -0.457 e. The summed E-state index contributed by atoms with van der Waals surface area (Å²) < 4.78 is 10.4. The number of carbonyl (C=O) groups is 1. The van der Waals surface area contributed by atoms with Gasteiger partial charge in [0.15, 0.2) is 0 Å². The predicted octanol–water partition coefficient (Wildman–Crippen LogP) is 1.67. The third-order valence-corrected chi connectivity index (χ3v) is 2.43. The van der Waals surface area contributed by atoms with E-state index in [4.69, 9.17) is 14.6 Å². The maximum Gasteiger partial charge on any atom is 0.338 e. The molecular formula is C14H21NO4. The molecule has 1 aromatic carbocycles. The molecule has 19 heavy (non-hydrogen) atoms. The lowest BCUT2D eigenvalue weighted by Crippen LogP contribution is -2.20. The molecule has 1 rings (SSSR count). The fraction of sp³-hybridized carbons (Fsp3) is 0.500. The Morgan fingerprint density at radius 2 is 2.05 bits per heavy atom. The Kier molecular flexibility index (Phi) is 6.92. The molecule has 0 heterocycles. The van der Waals surface area contributed by atoms with Gasteiger partial charge >= 0.3 is 5.97 Å². The van der Waals surface area contributed by atoms with Crippen LogP contribution < -0.4 is 5.32 Å². The lowest BCUT2D eigenvalue weighted by Gasteiger charge is -2.13. The Labute approximate surface area is 113 Å². The predicted molar refractivity (Wildman–Crippen MR) is 73.4 cm³/mol. The van der Waals surface area contributed by atoms with Crippen molar-refractivity contribution in [3.63, 3.8) is 0 Å². The Hall–Kier alpha value is -1.59. The van der Waals surface area contributed by atoms with Gasteiger partial charge in [-0.05, 0) is 38.1 Å². The summed E-state index contributed by atoms with van der Waals surface area (Å²) in [5.74, 6) is -0.360. The molecule has 2 N–H and O–H groups in total. The fourth-order valence-corrected chi connectivity index (χ4v) is 1.49. The molecule has 0 amide bonds. The average molecular weight is 267 g/mol. The minimum atomic E-state index is -0.360. The third-order valence-electron chi connectivity index (χ3n) is 2.43. The number of hydrogen-bond acceptors (Lipinski definition) is 5. The van der Waals surface area contributed by atoms with Crippen molar-refractivity contribution in [3.8, 4) is 0 Å². The Bertz CT molecular complexity index is 378. The van der Waals surface area contributed by atoms with E-state index in [1.807, 2.05) is 6.92 Å². The molecule has 0 fully saturated rings. The smallest absolute Gasteiger partial charge is 0.338 e.